The third-order valence-electron chi connectivity index (χ3n) is 7.75. The Balaban J connectivity index is 4.58. The minimum absolute atomic E-state index is 0.00115. The van der Waals surface area contributed by atoms with Gasteiger partial charge in [-0.3, -0.25) is 9.36 Å². The largest absolute Gasteiger partial charge is 0.756 e. The highest BCUT2D eigenvalue weighted by Crippen LogP contribution is 2.38. The number of rotatable bonds is 31. The molecule has 0 rings (SSSR count). The summed E-state index contributed by atoms with van der Waals surface area (Å²) in [6.45, 7) is 4.58. The molecule has 0 aliphatic heterocycles. The van der Waals surface area contributed by atoms with E-state index in [1.165, 1.54) is 89.9 Å². The molecule has 0 aliphatic rings. The summed E-state index contributed by atoms with van der Waals surface area (Å²) in [7, 11) is 1.26. The van der Waals surface area contributed by atoms with Gasteiger partial charge in [-0.15, -0.1) is 0 Å². The molecule has 2 N–H and O–H groups in total. The summed E-state index contributed by atoms with van der Waals surface area (Å²) in [5.74, 6) is -0.205. The number of aliphatic hydroxyl groups is 1. The number of phosphoric ester groups is 1. The van der Waals surface area contributed by atoms with Gasteiger partial charge < -0.3 is 28.8 Å². The van der Waals surface area contributed by atoms with E-state index in [0.717, 1.165) is 38.5 Å². The van der Waals surface area contributed by atoms with Gasteiger partial charge in [0.1, 0.15) is 13.2 Å². The van der Waals surface area contributed by atoms with Gasteiger partial charge in [0.2, 0.25) is 5.91 Å². The van der Waals surface area contributed by atoms with Gasteiger partial charge in [0.25, 0.3) is 7.82 Å². The molecule has 8 nitrogen and oxygen atoms in total. The van der Waals surface area contributed by atoms with Crippen LogP contribution in [0.2, 0.25) is 0 Å². The van der Waals surface area contributed by atoms with E-state index in [2.05, 4.69) is 19.2 Å². The molecule has 0 spiro atoms. The maximum absolute atomic E-state index is 12.6. The second kappa shape index (κ2) is 27.5. The zero-order valence-corrected chi connectivity index (χ0v) is 29.6. The van der Waals surface area contributed by atoms with E-state index in [4.69, 9.17) is 9.05 Å². The highest BCUT2D eigenvalue weighted by molar-refractivity contribution is 7.45. The van der Waals surface area contributed by atoms with Gasteiger partial charge in [-0.2, -0.15) is 0 Å². The second-order valence-corrected chi connectivity index (χ2v) is 14.6. The molecular formula is C34H69N2O6P. The van der Waals surface area contributed by atoms with Crippen LogP contribution >= 0.6 is 7.82 Å². The highest BCUT2D eigenvalue weighted by atomic mass is 31.2. The van der Waals surface area contributed by atoms with Crippen LogP contribution in [0.5, 0.6) is 0 Å². The van der Waals surface area contributed by atoms with E-state index >= 15 is 0 Å². The zero-order valence-electron chi connectivity index (χ0n) is 28.7. The van der Waals surface area contributed by atoms with E-state index in [1.807, 2.05) is 27.2 Å². The average molecular weight is 633 g/mol. The number of allylic oxidation sites excluding steroid dienone is 1. The van der Waals surface area contributed by atoms with Gasteiger partial charge in [-0.05, 0) is 19.3 Å². The standard InChI is InChI=1S/C34H69N2O6P/c1-6-8-10-12-14-16-17-18-19-20-21-23-25-27-33(37)32(31-42-43(39,40)41-30-29-36(3,4)5)35-34(38)28-26-24-22-15-13-11-9-7-2/h25,27,32-33,37H,6-24,26,28-31H2,1-5H3,(H-,35,38,39,40)/b27-25+. The molecule has 3 unspecified atom stereocenters. The Morgan fingerprint density at radius 3 is 1.74 bits per heavy atom. The third kappa shape index (κ3) is 29.7. The zero-order chi connectivity index (χ0) is 32.2. The Labute approximate surface area is 265 Å². The molecule has 0 aromatic carbocycles. The van der Waals surface area contributed by atoms with Crippen LogP contribution in [0.15, 0.2) is 12.2 Å². The molecule has 3 atom stereocenters. The molecule has 0 saturated heterocycles. The Kier molecular flexibility index (Phi) is 27.1. The maximum atomic E-state index is 12.6. The molecule has 0 bridgehead atoms. The lowest BCUT2D eigenvalue weighted by molar-refractivity contribution is -0.870. The van der Waals surface area contributed by atoms with Crippen molar-refractivity contribution in [1.82, 2.24) is 5.32 Å². The second-order valence-electron chi connectivity index (χ2n) is 13.2. The number of phosphoric acid groups is 1. The first-order valence-corrected chi connectivity index (χ1v) is 19.0. The number of nitrogens with one attached hydrogen (secondary N) is 1. The van der Waals surface area contributed by atoms with Crippen LogP contribution in [0.25, 0.3) is 0 Å². The van der Waals surface area contributed by atoms with Crippen LogP contribution in [0.1, 0.15) is 149 Å². The average Bonchev–Trinajstić information content (AvgIpc) is 2.94. The summed E-state index contributed by atoms with van der Waals surface area (Å²) in [5, 5.41) is 13.6. The van der Waals surface area contributed by atoms with Gasteiger partial charge in [0.15, 0.2) is 0 Å². The molecule has 1 amide bonds. The van der Waals surface area contributed by atoms with Crippen molar-refractivity contribution in [2.24, 2.45) is 0 Å². The maximum Gasteiger partial charge on any atom is 0.268 e. The van der Waals surface area contributed by atoms with Gasteiger partial charge in [-0.1, -0.05) is 135 Å². The lowest BCUT2D eigenvalue weighted by Gasteiger charge is -2.29. The minimum Gasteiger partial charge on any atom is -0.756 e. The molecule has 0 aromatic heterocycles. The fourth-order valence-corrected chi connectivity index (χ4v) is 5.58. The van der Waals surface area contributed by atoms with Crippen molar-refractivity contribution in [2.45, 2.75) is 161 Å². The van der Waals surface area contributed by atoms with Crippen LogP contribution in [-0.2, 0) is 18.4 Å². The Morgan fingerprint density at radius 1 is 0.791 bits per heavy atom. The number of quaternary nitrogens is 1. The molecule has 0 radical (unpaired) electrons. The SMILES string of the molecule is CCCCCCCCCCCCC/C=C/C(O)C(COP(=O)([O-])OCC[N+](C)(C)C)NC(=O)CCCCCCCCCC. The molecule has 43 heavy (non-hydrogen) atoms. The summed E-state index contributed by atoms with van der Waals surface area (Å²) in [6.07, 6.45) is 26.8. The number of carbonyl (C=O) groups is 1. The molecule has 0 heterocycles. The predicted molar refractivity (Wildman–Crippen MR) is 178 cm³/mol. The third-order valence-corrected chi connectivity index (χ3v) is 8.71. The van der Waals surface area contributed by atoms with Crippen molar-refractivity contribution in [3.8, 4) is 0 Å². The summed E-state index contributed by atoms with van der Waals surface area (Å²) in [4.78, 5) is 25.0. The number of aliphatic hydroxyl groups excluding tert-OH is 1. The number of carbonyl (C=O) groups excluding carboxylic acids is 1. The van der Waals surface area contributed by atoms with Crippen molar-refractivity contribution in [3.63, 3.8) is 0 Å². The number of amides is 1. The van der Waals surface area contributed by atoms with Crippen molar-refractivity contribution in [1.29, 1.82) is 0 Å². The highest BCUT2D eigenvalue weighted by Gasteiger charge is 2.23. The quantitative estimate of drug-likeness (QED) is 0.0349. The number of likely N-dealkylation sites (N-methyl/N-ethyl adjacent to an activating group) is 1. The van der Waals surface area contributed by atoms with Crippen LogP contribution in [0, 0.1) is 0 Å². The monoisotopic (exact) mass is 632 g/mol. The van der Waals surface area contributed by atoms with Crippen LogP contribution in [0.3, 0.4) is 0 Å². The van der Waals surface area contributed by atoms with Crippen molar-refractivity contribution < 1.29 is 32.9 Å². The molecular weight excluding hydrogens is 563 g/mol. The van der Waals surface area contributed by atoms with E-state index < -0.39 is 20.0 Å². The molecule has 256 valence electrons. The smallest absolute Gasteiger partial charge is 0.268 e. The van der Waals surface area contributed by atoms with E-state index in [0.29, 0.717) is 17.4 Å². The van der Waals surface area contributed by atoms with Crippen molar-refractivity contribution in [3.05, 3.63) is 12.2 Å². The first-order chi connectivity index (χ1) is 20.5. The van der Waals surface area contributed by atoms with Gasteiger partial charge in [0.05, 0.1) is 39.9 Å². The Bertz CT molecular complexity index is 728. The molecule has 0 aliphatic carbocycles. The molecule has 0 aromatic rings. The van der Waals surface area contributed by atoms with Gasteiger partial charge in [-0.25, -0.2) is 0 Å². The Morgan fingerprint density at radius 2 is 1.26 bits per heavy atom. The number of nitrogens with zero attached hydrogens (tertiary/aromatic N) is 1. The molecule has 9 heteroatoms. The van der Waals surface area contributed by atoms with Crippen molar-refractivity contribution >= 4 is 13.7 Å². The normalized spacial score (nSPS) is 15.0. The summed E-state index contributed by atoms with van der Waals surface area (Å²) >= 11 is 0. The topological polar surface area (TPSA) is 108 Å². The van der Waals surface area contributed by atoms with E-state index in [9.17, 15) is 19.4 Å². The number of hydrogen-bond donors (Lipinski definition) is 2. The van der Waals surface area contributed by atoms with Gasteiger partial charge >= 0.3 is 0 Å². The molecule has 0 saturated carbocycles. The minimum atomic E-state index is -4.56. The van der Waals surface area contributed by atoms with Crippen molar-refractivity contribution in [2.75, 3.05) is 40.9 Å². The first-order valence-electron chi connectivity index (χ1n) is 17.6. The predicted octanol–water partition coefficient (Wildman–Crippen LogP) is 7.83. The summed E-state index contributed by atoms with van der Waals surface area (Å²) in [5.41, 5.74) is 0. The van der Waals surface area contributed by atoms with E-state index in [1.54, 1.807) is 6.08 Å². The summed E-state index contributed by atoms with van der Waals surface area (Å²) in [6, 6.07) is -0.876. The fourth-order valence-electron chi connectivity index (χ4n) is 4.86. The lowest BCUT2D eigenvalue weighted by atomic mass is 10.0. The molecule has 0 fully saturated rings. The summed E-state index contributed by atoms with van der Waals surface area (Å²) < 4.78 is 23.0. The fraction of sp³-hybridized carbons (Fsp3) is 0.912. The van der Waals surface area contributed by atoms with Crippen LogP contribution < -0.4 is 10.2 Å². The van der Waals surface area contributed by atoms with Crippen LogP contribution in [-0.4, -0.2) is 68.5 Å². The number of hydrogen-bond acceptors (Lipinski definition) is 6. The van der Waals surface area contributed by atoms with Crippen LogP contribution in [0.4, 0.5) is 0 Å². The first kappa shape index (κ1) is 42.2. The van der Waals surface area contributed by atoms with E-state index in [-0.39, 0.29) is 19.1 Å². The number of unbranched alkanes of at least 4 members (excludes halogenated alkanes) is 18. The lowest BCUT2D eigenvalue weighted by Crippen LogP contribution is -2.45. The van der Waals surface area contributed by atoms with Gasteiger partial charge in [0, 0.05) is 6.42 Å². The Hall–Kier alpha value is -0.760.